The summed E-state index contributed by atoms with van der Waals surface area (Å²) in [5.41, 5.74) is 0.636. The second-order valence-corrected chi connectivity index (χ2v) is 3.47. The molecule has 0 heterocycles. The average Bonchev–Trinajstić information content (AvgIpc) is 2.55. The van der Waals surface area contributed by atoms with Crippen LogP contribution >= 0.6 is 0 Å². The van der Waals surface area contributed by atoms with Crippen LogP contribution in [0.1, 0.15) is 20.7 Å². The summed E-state index contributed by atoms with van der Waals surface area (Å²) in [6.07, 6.45) is 0. The number of aliphatic hydroxyl groups is 1. The molecule has 0 radical (unpaired) electrons. The molecule has 0 fully saturated rings. The molecule has 2 aromatic rings. The van der Waals surface area contributed by atoms with Crippen LogP contribution in [0.25, 0.3) is 0 Å². The molecule has 0 unspecified atom stereocenters. The van der Waals surface area contributed by atoms with Crippen LogP contribution in [0.3, 0.4) is 0 Å². The maximum atomic E-state index is 11.5. The van der Waals surface area contributed by atoms with Crippen molar-refractivity contribution in [2.24, 2.45) is 0 Å². The highest BCUT2D eigenvalue weighted by molar-refractivity contribution is 5.92. The first kappa shape index (κ1) is 15.4. The molecule has 0 amide bonds. The van der Waals surface area contributed by atoms with Crippen molar-refractivity contribution in [3.8, 4) is 0 Å². The Morgan fingerprint density at radius 3 is 1.30 bits per heavy atom. The topological polar surface area (TPSA) is 72.8 Å². The van der Waals surface area contributed by atoms with Gasteiger partial charge in [-0.05, 0) is 24.3 Å². The van der Waals surface area contributed by atoms with Crippen molar-refractivity contribution >= 4 is 11.9 Å². The lowest BCUT2D eigenvalue weighted by atomic mass is 10.2. The van der Waals surface area contributed by atoms with Crippen molar-refractivity contribution in [2.75, 3.05) is 7.11 Å². The van der Waals surface area contributed by atoms with Gasteiger partial charge in [0.1, 0.15) is 0 Å². The summed E-state index contributed by atoms with van der Waals surface area (Å²) in [4.78, 5) is 31.9. The molecule has 0 atom stereocenters. The largest absolute Gasteiger partial charge is 0.400 e. The Labute approximate surface area is 116 Å². The summed E-state index contributed by atoms with van der Waals surface area (Å²) < 4.78 is 0. The van der Waals surface area contributed by atoms with E-state index in [4.69, 9.17) is 5.11 Å². The minimum atomic E-state index is -0.708. The van der Waals surface area contributed by atoms with Crippen molar-refractivity contribution in [2.45, 2.75) is 0 Å². The maximum Gasteiger partial charge on any atom is 0.386 e. The van der Waals surface area contributed by atoms with E-state index in [1.807, 2.05) is 0 Å². The van der Waals surface area contributed by atoms with E-state index >= 15 is 0 Å². The summed E-state index contributed by atoms with van der Waals surface area (Å²) >= 11 is 0. The van der Waals surface area contributed by atoms with Gasteiger partial charge in [-0.2, -0.15) is 0 Å². The first-order valence-electron chi connectivity index (χ1n) is 5.75. The molecule has 0 saturated carbocycles. The molecular weight excluding hydrogens is 260 g/mol. The van der Waals surface area contributed by atoms with Crippen LogP contribution in [-0.4, -0.2) is 24.2 Å². The van der Waals surface area contributed by atoms with Crippen LogP contribution in [0.5, 0.6) is 0 Å². The Hall–Kier alpha value is -2.66. The van der Waals surface area contributed by atoms with Crippen LogP contribution in [0.4, 0.5) is 0 Å². The molecule has 0 aromatic heterocycles. The Morgan fingerprint density at radius 2 is 1.00 bits per heavy atom. The first-order valence-corrected chi connectivity index (χ1v) is 5.75. The van der Waals surface area contributed by atoms with E-state index in [1.165, 1.54) is 0 Å². The molecule has 2 rings (SSSR count). The van der Waals surface area contributed by atoms with E-state index in [0.29, 0.717) is 11.1 Å². The third-order valence-electron chi connectivity index (χ3n) is 2.21. The molecule has 5 heteroatoms. The van der Waals surface area contributed by atoms with Crippen molar-refractivity contribution in [1.29, 1.82) is 0 Å². The summed E-state index contributed by atoms with van der Waals surface area (Å²) in [5, 5.41) is 7.00. The van der Waals surface area contributed by atoms with Gasteiger partial charge in [-0.25, -0.2) is 19.4 Å². The maximum absolute atomic E-state index is 11.5. The quantitative estimate of drug-likeness (QED) is 0.671. The highest BCUT2D eigenvalue weighted by atomic mass is 17.2. The van der Waals surface area contributed by atoms with Gasteiger partial charge in [0.25, 0.3) is 0 Å². The first-order chi connectivity index (χ1) is 9.77. The average molecular weight is 274 g/mol. The summed E-state index contributed by atoms with van der Waals surface area (Å²) in [7, 11) is 1.00. The number of carbonyl (C=O) groups excluding carboxylic acids is 2. The highest BCUT2D eigenvalue weighted by Crippen LogP contribution is 2.05. The standard InChI is InChI=1S/C14H10O4.CH4O/c15-13(11-7-3-1-4-8-11)17-18-14(16)12-9-5-2-6-10-12;1-2/h1-10H;2H,1H3. The van der Waals surface area contributed by atoms with Crippen LogP contribution in [-0.2, 0) is 9.78 Å². The van der Waals surface area contributed by atoms with Crippen molar-refractivity contribution in [3.63, 3.8) is 0 Å². The fourth-order valence-electron chi connectivity index (χ4n) is 1.32. The zero-order chi connectivity index (χ0) is 14.8. The van der Waals surface area contributed by atoms with E-state index in [2.05, 4.69) is 9.78 Å². The smallest absolute Gasteiger partial charge is 0.386 e. The predicted octanol–water partition coefficient (Wildman–Crippen LogP) is 2.22. The van der Waals surface area contributed by atoms with Crippen LogP contribution in [0, 0.1) is 0 Å². The zero-order valence-electron chi connectivity index (χ0n) is 10.9. The summed E-state index contributed by atoms with van der Waals surface area (Å²) in [6, 6.07) is 16.6. The predicted molar refractivity (Wildman–Crippen MR) is 71.9 cm³/mol. The summed E-state index contributed by atoms with van der Waals surface area (Å²) in [6.45, 7) is 0. The molecule has 2 aromatic carbocycles. The Kier molecular flexibility index (Phi) is 6.50. The van der Waals surface area contributed by atoms with Gasteiger partial charge in [-0.1, -0.05) is 36.4 Å². The number of benzene rings is 2. The molecule has 0 aliphatic rings. The van der Waals surface area contributed by atoms with Gasteiger partial charge in [-0.15, -0.1) is 0 Å². The minimum Gasteiger partial charge on any atom is -0.400 e. The zero-order valence-corrected chi connectivity index (χ0v) is 10.9. The Bertz CT molecular complexity index is 485. The molecule has 5 nitrogen and oxygen atoms in total. The van der Waals surface area contributed by atoms with Gasteiger partial charge in [0.15, 0.2) is 0 Å². The van der Waals surface area contributed by atoms with Gasteiger partial charge in [-0.3, -0.25) is 0 Å². The molecule has 0 spiro atoms. The second-order valence-electron chi connectivity index (χ2n) is 3.47. The van der Waals surface area contributed by atoms with Crippen LogP contribution < -0.4 is 0 Å². The van der Waals surface area contributed by atoms with E-state index in [0.717, 1.165) is 7.11 Å². The van der Waals surface area contributed by atoms with Crippen molar-refractivity contribution in [3.05, 3.63) is 71.8 Å². The lowest BCUT2D eigenvalue weighted by Gasteiger charge is -2.02. The van der Waals surface area contributed by atoms with Crippen molar-refractivity contribution in [1.82, 2.24) is 0 Å². The van der Waals surface area contributed by atoms with E-state index in [9.17, 15) is 9.59 Å². The van der Waals surface area contributed by atoms with Crippen LogP contribution in [0.15, 0.2) is 60.7 Å². The number of carbonyl (C=O) groups is 2. The lowest BCUT2D eigenvalue weighted by molar-refractivity contribution is -0.187. The third-order valence-corrected chi connectivity index (χ3v) is 2.21. The fraction of sp³-hybridized carbons (Fsp3) is 0.0667. The Morgan fingerprint density at radius 1 is 0.700 bits per heavy atom. The molecule has 104 valence electrons. The number of rotatable bonds is 2. The number of aliphatic hydroxyl groups excluding tert-OH is 1. The van der Waals surface area contributed by atoms with E-state index in [-0.39, 0.29) is 0 Å². The van der Waals surface area contributed by atoms with Gasteiger partial charge in [0.2, 0.25) is 0 Å². The van der Waals surface area contributed by atoms with Gasteiger partial charge in [0, 0.05) is 7.11 Å². The molecule has 0 bridgehead atoms. The molecule has 0 aliphatic heterocycles. The third kappa shape index (κ3) is 4.55. The molecule has 0 aliphatic carbocycles. The molecule has 20 heavy (non-hydrogen) atoms. The molecule has 0 saturated heterocycles. The highest BCUT2D eigenvalue weighted by Gasteiger charge is 2.12. The van der Waals surface area contributed by atoms with Gasteiger partial charge < -0.3 is 5.11 Å². The Balaban J connectivity index is 0.000000956. The lowest BCUT2D eigenvalue weighted by Crippen LogP contribution is -2.11. The van der Waals surface area contributed by atoms with Crippen molar-refractivity contribution < 1.29 is 24.5 Å². The van der Waals surface area contributed by atoms with E-state index < -0.39 is 11.9 Å². The minimum absolute atomic E-state index is 0.318. The second kappa shape index (κ2) is 8.44. The van der Waals surface area contributed by atoms with E-state index in [1.54, 1.807) is 60.7 Å². The SMILES string of the molecule is CO.O=C(OOC(=O)c1ccccc1)c1ccccc1. The normalized spacial score (nSPS) is 8.90. The monoisotopic (exact) mass is 274 g/mol. The van der Waals surface area contributed by atoms with Crippen LogP contribution in [0.2, 0.25) is 0 Å². The number of hydrogen-bond acceptors (Lipinski definition) is 5. The van der Waals surface area contributed by atoms with Gasteiger partial charge in [0.05, 0.1) is 11.1 Å². The van der Waals surface area contributed by atoms with Gasteiger partial charge >= 0.3 is 11.9 Å². The fourth-order valence-corrected chi connectivity index (χ4v) is 1.32. The summed E-state index contributed by atoms with van der Waals surface area (Å²) in [5.74, 6) is -1.42. The molecular formula is C15H14O5. The number of hydrogen-bond donors (Lipinski definition) is 1. The molecule has 1 N–H and O–H groups in total.